The molecule has 0 radical (unpaired) electrons. The van der Waals surface area contributed by atoms with Crippen LogP contribution in [0.3, 0.4) is 0 Å². The highest BCUT2D eigenvalue weighted by molar-refractivity contribution is 6.17. The minimum Gasteiger partial charge on any atom is -0.328 e. The van der Waals surface area contributed by atoms with Gasteiger partial charge in [-0.25, -0.2) is 4.98 Å². The molecule has 0 fully saturated rings. The van der Waals surface area contributed by atoms with Crippen molar-refractivity contribution in [3.05, 3.63) is 29.6 Å². The second kappa shape index (κ2) is 6.08. The second-order valence-corrected chi connectivity index (χ2v) is 5.28. The summed E-state index contributed by atoms with van der Waals surface area (Å²) in [7, 11) is 0. The third-order valence-electron chi connectivity index (χ3n) is 3.47. The highest BCUT2D eigenvalue weighted by Gasteiger charge is 2.12. The molecule has 1 aromatic carbocycles. The number of imidazole rings is 1. The van der Waals surface area contributed by atoms with Gasteiger partial charge in [0.15, 0.2) is 0 Å². The number of nitrogens with zero attached hydrogens (tertiary/aromatic N) is 3. The standard InChI is InChI=1S/C15H18ClN3/c1-3-11(2)10-19-14-8-12(9-17)4-5-13(14)18-15(19)6-7-16/h4-5,8,11H,3,6-7,10H2,1-2H3. The Morgan fingerprint density at radius 2 is 2.26 bits per heavy atom. The molecular weight excluding hydrogens is 258 g/mol. The molecule has 0 saturated carbocycles. The lowest BCUT2D eigenvalue weighted by molar-refractivity contribution is 0.466. The molecule has 0 aliphatic rings. The van der Waals surface area contributed by atoms with Crippen molar-refractivity contribution in [2.24, 2.45) is 5.92 Å². The number of benzene rings is 1. The Labute approximate surface area is 118 Å². The molecule has 2 aromatic rings. The van der Waals surface area contributed by atoms with Gasteiger partial charge in [0.2, 0.25) is 0 Å². The van der Waals surface area contributed by atoms with Crippen LogP contribution in [0.25, 0.3) is 11.0 Å². The van der Waals surface area contributed by atoms with Gasteiger partial charge in [0, 0.05) is 18.8 Å². The summed E-state index contributed by atoms with van der Waals surface area (Å²) in [6, 6.07) is 7.84. The van der Waals surface area contributed by atoms with E-state index in [2.05, 4.69) is 29.5 Å². The highest BCUT2D eigenvalue weighted by atomic mass is 35.5. The van der Waals surface area contributed by atoms with Crippen molar-refractivity contribution in [3.8, 4) is 6.07 Å². The topological polar surface area (TPSA) is 41.6 Å². The van der Waals surface area contributed by atoms with Gasteiger partial charge in [-0.3, -0.25) is 0 Å². The van der Waals surface area contributed by atoms with Gasteiger partial charge in [-0.15, -0.1) is 11.6 Å². The molecule has 0 bridgehead atoms. The molecule has 0 amide bonds. The third kappa shape index (κ3) is 2.90. The molecule has 1 heterocycles. The molecular formula is C15H18ClN3. The van der Waals surface area contributed by atoms with E-state index in [0.29, 0.717) is 17.4 Å². The van der Waals surface area contributed by atoms with E-state index in [4.69, 9.17) is 16.9 Å². The largest absolute Gasteiger partial charge is 0.328 e. The predicted octanol–water partition coefficient (Wildman–Crippen LogP) is 3.74. The molecule has 1 aromatic heterocycles. The summed E-state index contributed by atoms with van der Waals surface area (Å²) < 4.78 is 2.22. The van der Waals surface area contributed by atoms with Crippen LogP contribution in [0.5, 0.6) is 0 Å². The third-order valence-corrected chi connectivity index (χ3v) is 3.65. The zero-order valence-electron chi connectivity index (χ0n) is 11.4. The monoisotopic (exact) mass is 275 g/mol. The normalized spacial score (nSPS) is 12.5. The molecule has 0 spiro atoms. The Hall–Kier alpha value is -1.53. The molecule has 4 heteroatoms. The molecule has 0 aliphatic heterocycles. The van der Waals surface area contributed by atoms with Crippen molar-refractivity contribution in [2.75, 3.05) is 5.88 Å². The zero-order valence-corrected chi connectivity index (χ0v) is 12.1. The molecule has 3 nitrogen and oxygen atoms in total. The fraction of sp³-hybridized carbons (Fsp3) is 0.467. The Kier molecular flexibility index (Phi) is 4.44. The smallest absolute Gasteiger partial charge is 0.111 e. The molecule has 0 saturated heterocycles. The van der Waals surface area contributed by atoms with Gasteiger partial charge < -0.3 is 4.57 Å². The van der Waals surface area contributed by atoms with Crippen LogP contribution in [0.2, 0.25) is 0 Å². The number of aryl methyl sites for hydroxylation is 1. The lowest BCUT2D eigenvalue weighted by Crippen LogP contribution is -2.10. The van der Waals surface area contributed by atoms with Gasteiger partial charge in [0.1, 0.15) is 5.82 Å². The maximum atomic E-state index is 9.03. The number of fused-ring (bicyclic) bond motifs is 1. The van der Waals surface area contributed by atoms with Crippen molar-refractivity contribution in [1.29, 1.82) is 5.26 Å². The van der Waals surface area contributed by atoms with Crippen LogP contribution in [-0.2, 0) is 13.0 Å². The Bertz CT molecular complexity index is 610. The number of nitriles is 1. The molecule has 2 rings (SSSR count). The summed E-state index contributed by atoms with van der Waals surface area (Å²) in [6.45, 7) is 5.34. The maximum Gasteiger partial charge on any atom is 0.111 e. The average molecular weight is 276 g/mol. The van der Waals surface area contributed by atoms with Crippen LogP contribution >= 0.6 is 11.6 Å². The Morgan fingerprint density at radius 3 is 2.89 bits per heavy atom. The lowest BCUT2D eigenvalue weighted by atomic mass is 10.1. The number of rotatable bonds is 5. The van der Waals surface area contributed by atoms with Crippen LogP contribution < -0.4 is 0 Å². The van der Waals surface area contributed by atoms with Gasteiger partial charge in [0.25, 0.3) is 0 Å². The summed E-state index contributed by atoms with van der Waals surface area (Å²) in [5.41, 5.74) is 2.66. The van der Waals surface area contributed by atoms with E-state index in [9.17, 15) is 0 Å². The van der Waals surface area contributed by atoms with E-state index < -0.39 is 0 Å². The van der Waals surface area contributed by atoms with Gasteiger partial charge in [0.05, 0.1) is 22.7 Å². The van der Waals surface area contributed by atoms with E-state index in [1.54, 1.807) is 0 Å². The number of aromatic nitrogens is 2. The van der Waals surface area contributed by atoms with E-state index in [1.807, 2.05) is 18.2 Å². The molecule has 19 heavy (non-hydrogen) atoms. The van der Waals surface area contributed by atoms with Crippen molar-refractivity contribution in [2.45, 2.75) is 33.2 Å². The first-order valence-electron chi connectivity index (χ1n) is 6.64. The fourth-order valence-corrected chi connectivity index (χ4v) is 2.33. The quantitative estimate of drug-likeness (QED) is 0.780. The minimum atomic E-state index is 0.564. The summed E-state index contributed by atoms with van der Waals surface area (Å²) in [4.78, 5) is 4.63. The van der Waals surface area contributed by atoms with Crippen LogP contribution in [0.15, 0.2) is 18.2 Å². The first-order valence-corrected chi connectivity index (χ1v) is 7.18. The zero-order chi connectivity index (χ0) is 13.8. The van der Waals surface area contributed by atoms with Crippen molar-refractivity contribution < 1.29 is 0 Å². The number of hydrogen-bond donors (Lipinski definition) is 0. The second-order valence-electron chi connectivity index (χ2n) is 4.91. The average Bonchev–Trinajstić information content (AvgIpc) is 2.76. The van der Waals surface area contributed by atoms with E-state index in [-0.39, 0.29) is 0 Å². The molecule has 0 aliphatic carbocycles. The van der Waals surface area contributed by atoms with Gasteiger partial charge in [-0.2, -0.15) is 5.26 Å². The maximum absolute atomic E-state index is 9.03. The van der Waals surface area contributed by atoms with Crippen LogP contribution in [0, 0.1) is 17.2 Å². The van der Waals surface area contributed by atoms with Crippen LogP contribution in [0.4, 0.5) is 0 Å². The Morgan fingerprint density at radius 1 is 1.47 bits per heavy atom. The van der Waals surface area contributed by atoms with Crippen LogP contribution in [0.1, 0.15) is 31.7 Å². The summed E-state index contributed by atoms with van der Waals surface area (Å²) >= 11 is 5.86. The molecule has 1 unspecified atom stereocenters. The SMILES string of the molecule is CCC(C)Cn1c(CCCl)nc2ccc(C#N)cc21. The van der Waals surface area contributed by atoms with Crippen molar-refractivity contribution in [3.63, 3.8) is 0 Å². The molecule has 0 N–H and O–H groups in total. The first kappa shape index (κ1) is 13.9. The van der Waals surface area contributed by atoms with Gasteiger partial charge in [-0.1, -0.05) is 20.3 Å². The minimum absolute atomic E-state index is 0.564. The number of alkyl halides is 1. The predicted molar refractivity (Wildman–Crippen MR) is 78.3 cm³/mol. The van der Waals surface area contributed by atoms with E-state index >= 15 is 0 Å². The summed E-state index contributed by atoms with van der Waals surface area (Å²) in [5, 5.41) is 9.03. The van der Waals surface area contributed by atoms with E-state index in [1.165, 1.54) is 0 Å². The lowest BCUT2D eigenvalue weighted by Gasteiger charge is -2.13. The number of halogens is 1. The number of hydrogen-bond acceptors (Lipinski definition) is 2. The molecule has 100 valence electrons. The Balaban J connectivity index is 2.53. The first-order chi connectivity index (χ1) is 9.19. The fourth-order valence-electron chi connectivity index (χ4n) is 2.16. The van der Waals surface area contributed by atoms with Crippen molar-refractivity contribution in [1.82, 2.24) is 9.55 Å². The molecule has 1 atom stereocenters. The van der Waals surface area contributed by atoms with Gasteiger partial charge >= 0.3 is 0 Å². The summed E-state index contributed by atoms with van der Waals surface area (Å²) in [5.74, 6) is 2.16. The van der Waals surface area contributed by atoms with E-state index in [0.717, 1.165) is 36.2 Å². The van der Waals surface area contributed by atoms with Crippen molar-refractivity contribution >= 4 is 22.6 Å². The summed E-state index contributed by atoms with van der Waals surface area (Å²) in [6.07, 6.45) is 1.88. The van der Waals surface area contributed by atoms with Crippen LogP contribution in [-0.4, -0.2) is 15.4 Å². The highest BCUT2D eigenvalue weighted by Crippen LogP contribution is 2.21. The van der Waals surface area contributed by atoms with Gasteiger partial charge in [-0.05, 0) is 24.1 Å².